The van der Waals surface area contributed by atoms with Crippen LogP contribution >= 0.6 is 11.3 Å². The van der Waals surface area contributed by atoms with Crippen molar-refractivity contribution >= 4 is 45.4 Å². The van der Waals surface area contributed by atoms with Crippen LogP contribution in [-0.2, 0) is 11.3 Å². The number of fused-ring (bicyclic) bond motifs is 1. The van der Waals surface area contributed by atoms with Gasteiger partial charge in [0.2, 0.25) is 5.95 Å². The molecule has 0 spiro atoms. The number of rotatable bonds is 6. The van der Waals surface area contributed by atoms with Gasteiger partial charge < -0.3 is 19.3 Å². The van der Waals surface area contributed by atoms with Gasteiger partial charge in [-0.05, 0) is 18.6 Å². The molecule has 0 radical (unpaired) electrons. The van der Waals surface area contributed by atoms with Crippen LogP contribution in [0.1, 0.15) is 20.9 Å². The van der Waals surface area contributed by atoms with Crippen LogP contribution in [0.4, 0.5) is 16.9 Å². The Morgan fingerprint density at radius 3 is 2.84 bits per heavy atom. The predicted octanol–water partition coefficient (Wildman–Crippen LogP) is 2.31. The van der Waals surface area contributed by atoms with Gasteiger partial charge in [0.25, 0.3) is 0 Å². The molecule has 32 heavy (non-hydrogen) atoms. The Bertz CT molecular complexity index is 1270. The molecule has 0 bridgehead atoms. The normalized spacial score (nSPS) is 14.1. The number of carboxylic acid groups (broad SMARTS) is 1. The van der Waals surface area contributed by atoms with Crippen molar-refractivity contribution in [2.24, 2.45) is 0 Å². The lowest BCUT2D eigenvalue weighted by atomic mass is 10.3. The van der Waals surface area contributed by atoms with E-state index in [-0.39, 0.29) is 4.88 Å². The number of thiazole rings is 1. The number of aryl methyl sites for hydroxylation is 1. The first-order chi connectivity index (χ1) is 15.6. The third kappa shape index (κ3) is 3.97. The van der Waals surface area contributed by atoms with Gasteiger partial charge in [-0.3, -0.25) is 10.3 Å². The van der Waals surface area contributed by atoms with Crippen molar-refractivity contribution in [2.75, 3.05) is 36.5 Å². The number of hydrogen-bond acceptors (Lipinski definition) is 10. The highest BCUT2D eigenvalue weighted by atomic mass is 32.1. The highest BCUT2D eigenvalue weighted by Gasteiger charge is 2.22. The summed E-state index contributed by atoms with van der Waals surface area (Å²) in [7, 11) is 0. The lowest BCUT2D eigenvalue weighted by Gasteiger charge is -2.28. The number of morpholine rings is 1. The van der Waals surface area contributed by atoms with E-state index in [4.69, 9.17) is 9.72 Å². The van der Waals surface area contributed by atoms with Gasteiger partial charge in [-0.1, -0.05) is 17.4 Å². The van der Waals surface area contributed by atoms with Crippen molar-refractivity contribution < 1.29 is 14.6 Å². The largest absolute Gasteiger partial charge is 0.477 e. The molecule has 1 aliphatic heterocycles. The molecule has 1 fully saturated rings. The number of carbonyl (C=O) groups is 1. The van der Waals surface area contributed by atoms with Gasteiger partial charge in [-0.25, -0.2) is 14.8 Å². The van der Waals surface area contributed by atoms with E-state index in [2.05, 4.69) is 30.2 Å². The Labute approximate surface area is 186 Å². The van der Waals surface area contributed by atoms with E-state index in [0.717, 1.165) is 16.9 Å². The second-order valence-electron chi connectivity index (χ2n) is 7.24. The fraction of sp³-hybridized carbons (Fsp3) is 0.300. The van der Waals surface area contributed by atoms with E-state index in [1.807, 2.05) is 16.7 Å². The third-order valence-corrected chi connectivity index (χ3v) is 6.10. The van der Waals surface area contributed by atoms with E-state index in [1.165, 1.54) is 0 Å². The molecule has 5 heterocycles. The lowest BCUT2D eigenvalue weighted by molar-refractivity contribution is 0.0701. The molecule has 0 amide bonds. The Morgan fingerprint density at radius 2 is 2.12 bits per heavy atom. The van der Waals surface area contributed by atoms with Gasteiger partial charge in [0.1, 0.15) is 4.88 Å². The first kappa shape index (κ1) is 20.3. The monoisotopic (exact) mass is 452 g/mol. The molecule has 11 nitrogen and oxygen atoms in total. The van der Waals surface area contributed by atoms with Crippen molar-refractivity contribution in [1.82, 2.24) is 29.5 Å². The lowest BCUT2D eigenvalue weighted by Crippen LogP contribution is -2.37. The van der Waals surface area contributed by atoms with E-state index < -0.39 is 5.97 Å². The van der Waals surface area contributed by atoms with Gasteiger partial charge in [-0.15, -0.1) is 0 Å². The Kier molecular flexibility index (Phi) is 5.37. The SMILES string of the molecule is Cc1nc(Nc2nc(N3CCOCC3)c3ncn(Cc4cccnc4)c3n2)sc1C(=O)O. The summed E-state index contributed by atoms with van der Waals surface area (Å²) in [6, 6.07) is 3.88. The topological polar surface area (TPSA) is 131 Å². The van der Waals surface area contributed by atoms with E-state index in [9.17, 15) is 9.90 Å². The Morgan fingerprint density at radius 1 is 1.28 bits per heavy atom. The van der Waals surface area contributed by atoms with Gasteiger partial charge in [0.05, 0.1) is 31.8 Å². The van der Waals surface area contributed by atoms with Crippen molar-refractivity contribution in [3.8, 4) is 0 Å². The highest BCUT2D eigenvalue weighted by molar-refractivity contribution is 7.17. The number of nitrogens with one attached hydrogen (secondary N) is 1. The minimum Gasteiger partial charge on any atom is -0.477 e. The molecule has 0 atom stereocenters. The molecule has 0 aromatic carbocycles. The average Bonchev–Trinajstić information content (AvgIpc) is 3.38. The zero-order valence-electron chi connectivity index (χ0n) is 17.2. The molecular weight excluding hydrogens is 432 g/mol. The summed E-state index contributed by atoms with van der Waals surface area (Å²) >= 11 is 1.05. The van der Waals surface area contributed by atoms with Crippen LogP contribution in [0.2, 0.25) is 0 Å². The molecule has 1 aliphatic rings. The van der Waals surface area contributed by atoms with Crippen LogP contribution in [0.5, 0.6) is 0 Å². The smallest absolute Gasteiger partial charge is 0.347 e. The van der Waals surface area contributed by atoms with Crippen LogP contribution in [0.15, 0.2) is 30.9 Å². The number of aromatic nitrogens is 6. The number of nitrogens with zero attached hydrogens (tertiary/aromatic N) is 7. The maximum atomic E-state index is 11.4. The van der Waals surface area contributed by atoms with Crippen molar-refractivity contribution in [2.45, 2.75) is 13.5 Å². The van der Waals surface area contributed by atoms with Gasteiger partial charge in [0, 0.05) is 25.5 Å². The number of anilines is 3. The molecule has 0 unspecified atom stereocenters. The van der Waals surface area contributed by atoms with Crippen molar-refractivity contribution in [3.05, 3.63) is 47.0 Å². The summed E-state index contributed by atoms with van der Waals surface area (Å²) in [6.45, 7) is 4.83. The summed E-state index contributed by atoms with van der Waals surface area (Å²) in [6.07, 6.45) is 5.29. The van der Waals surface area contributed by atoms with E-state index >= 15 is 0 Å². The van der Waals surface area contributed by atoms with Crippen LogP contribution in [0.3, 0.4) is 0 Å². The molecular formula is C20H20N8O3S. The van der Waals surface area contributed by atoms with Crippen LogP contribution in [0.25, 0.3) is 11.2 Å². The summed E-state index contributed by atoms with van der Waals surface area (Å²) < 4.78 is 7.43. The minimum atomic E-state index is -1.01. The second kappa shape index (κ2) is 8.48. The molecule has 0 saturated carbocycles. The molecule has 4 aromatic heterocycles. The molecule has 12 heteroatoms. The fourth-order valence-corrected chi connectivity index (χ4v) is 4.33. The molecule has 1 saturated heterocycles. The quantitative estimate of drug-likeness (QED) is 0.449. The Balaban J connectivity index is 1.56. The van der Waals surface area contributed by atoms with Crippen molar-refractivity contribution in [3.63, 3.8) is 0 Å². The summed E-state index contributed by atoms with van der Waals surface area (Å²) in [4.78, 5) is 36.2. The highest BCUT2D eigenvalue weighted by Crippen LogP contribution is 2.29. The number of hydrogen-bond donors (Lipinski definition) is 2. The molecule has 164 valence electrons. The van der Waals surface area contributed by atoms with Crippen LogP contribution in [0, 0.1) is 6.92 Å². The van der Waals surface area contributed by atoms with Crippen molar-refractivity contribution in [1.29, 1.82) is 0 Å². The number of pyridine rings is 1. The summed E-state index contributed by atoms with van der Waals surface area (Å²) in [5.41, 5.74) is 2.83. The zero-order chi connectivity index (χ0) is 22.1. The first-order valence-corrected chi connectivity index (χ1v) is 10.8. The van der Waals surface area contributed by atoms with Crippen LogP contribution < -0.4 is 10.2 Å². The number of ether oxygens (including phenoxy) is 1. The molecule has 4 aromatic rings. The number of imidazole rings is 1. The maximum Gasteiger partial charge on any atom is 0.347 e. The summed E-state index contributed by atoms with van der Waals surface area (Å²) in [5.74, 6) is 0.0306. The minimum absolute atomic E-state index is 0.184. The zero-order valence-corrected chi connectivity index (χ0v) is 18.0. The second-order valence-corrected chi connectivity index (χ2v) is 8.24. The molecule has 0 aliphatic carbocycles. The fourth-order valence-electron chi connectivity index (χ4n) is 3.53. The van der Waals surface area contributed by atoms with E-state index in [1.54, 1.807) is 25.6 Å². The van der Waals surface area contributed by atoms with Gasteiger partial charge >= 0.3 is 5.97 Å². The van der Waals surface area contributed by atoms with Gasteiger partial charge in [0.15, 0.2) is 22.1 Å². The standard InChI is InChI=1S/C20H20N8O3S/c1-12-15(18(29)30)32-20(23-12)26-19-24-16(27-5-7-31-8-6-27)14-17(25-19)28(11-22-14)10-13-3-2-4-21-9-13/h2-4,9,11H,5-8,10H2,1H3,(H,29,30)(H,23,24,25,26). The third-order valence-electron chi connectivity index (χ3n) is 5.04. The van der Waals surface area contributed by atoms with Crippen LogP contribution in [-0.4, -0.2) is 66.9 Å². The predicted molar refractivity (Wildman–Crippen MR) is 119 cm³/mol. The molecule has 2 N–H and O–H groups in total. The maximum absolute atomic E-state index is 11.4. The Hall–Kier alpha value is -3.64. The average molecular weight is 453 g/mol. The first-order valence-electron chi connectivity index (χ1n) is 10.0. The summed E-state index contributed by atoms with van der Waals surface area (Å²) in [5, 5.41) is 12.8. The van der Waals surface area contributed by atoms with Gasteiger partial charge in [-0.2, -0.15) is 9.97 Å². The number of aromatic carboxylic acids is 1. The molecule has 5 rings (SSSR count). The van der Waals surface area contributed by atoms with E-state index in [0.29, 0.717) is 66.6 Å². The number of carboxylic acids is 1.